The third kappa shape index (κ3) is 6.71. The van der Waals surface area contributed by atoms with Gasteiger partial charge in [0.05, 0.1) is 22.7 Å². The zero-order valence-electron chi connectivity index (χ0n) is 21.1. The first kappa shape index (κ1) is 26.7. The Labute approximate surface area is 223 Å². The van der Waals surface area contributed by atoms with Gasteiger partial charge in [0.15, 0.2) is 11.5 Å². The Morgan fingerprint density at radius 3 is 2.69 bits per heavy atom. The highest BCUT2D eigenvalue weighted by molar-refractivity contribution is 6.42. The van der Waals surface area contributed by atoms with Gasteiger partial charge in [-0.2, -0.15) is 0 Å². The molecule has 0 bridgehead atoms. The molecule has 1 saturated heterocycles. The van der Waals surface area contributed by atoms with Crippen molar-refractivity contribution in [3.63, 3.8) is 0 Å². The lowest BCUT2D eigenvalue weighted by Gasteiger charge is -2.27. The average Bonchev–Trinajstić information content (AvgIpc) is 3.12. The van der Waals surface area contributed by atoms with Crippen LogP contribution in [0.1, 0.15) is 33.1 Å². The molecule has 194 valence electrons. The fourth-order valence-corrected chi connectivity index (χ4v) is 4.78. The van der Waals surface area contributed by atoms with Crippen LogP contribution < -0.4 is 14.8 Å². The quantitative estimate of drug-likeness (QED) is 0.315. The smallest absolute Gasteiger partial charge is 0.163 e. The van der Waals surface area contributed by atoms with Crippen molar-refractivity contribution in [3.8, 4) is 11.5 Å². The third-order valence-corrected chi connectivity index (χ3v) is 7.37. The number of halogens is 2. The van der Waals surface area contributed by atoms with E-state index in [1.807, 2.05) is 18.2 Å². The molecule has 0 amide bonds. The number of fused-ring (bicyclic) bond motifs is 1. The molecule has 1 aliphatic heterocycles. The van der Waals surface area contributed by atoms with Crippen LogP contribution in [0.4, 0.5) is 11.5 Å². The van der Waals surface area contributed by atoms with Crippen LogP contribution in [0, 0.1) is 5.92 Å². The van der Waals surface area contributed by atoms with Gasteiger partial charge in [-0.15, -0.1) is 0 Å². The van der Waals surface area contributed by atoms with E-state index >= 15 is 0 Å². The van der Waals surface area contributed by atoms with Gasteiger partial charge < -0.3 is 24.4 Å². The number of nitrogens with zero attached hydrogens (tertiary/aromatic N) is 3. The summed E-state index contributed by atoms with van der Waals surface area (Å²) in [4.78, 5) is 11.4. The predicted molar refractivity (Wildman–Crippen MR) is 146 cm³/mol. The zero-order chi connectivity index (χ0) is 25.5. The number of anilines is 2. The highest BCUT2D eigenvalue weighted by Gasteiger charge is 2.22. The summed E-state index contributed by atoms with van der Waals surface area (Å²) in [6.07, 6.45) is 4.96. The fraction of sp³-hybridized carbons (Fsp3) is 0.481. The van der Waals surface area contributed by atoms with E-state index in [1.165, 1.54) is 19.2 Å². The van der Waals surface area contributed by atoms with Crippen LogP contribution in [0.15, 0.2) is 36.7 Å². The Hall–Kier alpha value is -2.32. The highest BCUT2D eigenvalue weighted by atomic mass is 35.5. The number of hydrogen-bond acceptors (Lipinski definition) is 7. The maximum atomic E-state index is 6.23. The summed E-state index contributed by atoms with van der Waals surface area (Å²) in [5.41, 5.74) is 1.51. The number of ether oxygens (including phenoxy) is 3. The second-order valence-corrected chi connectivity index (χ2v) is 9.91. The monoisotopic (exact) mass is 532 g/mol. The summed E-state index contributed by atoms with van der Waals surface area (Å²) < 4.78 is 18.0. The van der Waals surface area contributed by atoms with E-state index in [0.717, 1.165) is 55.2 Å². The number of hydrogen-bond donors (Lipinski definition) is 1. The molecular formula is C27H34Cl2N4O3. The van der Waals surface area contributed by atoms with E-state index in [-0.39, 0.29) is 6.10 Å². The van der Waals surface area contributed by atoms with Gasteiger partial charge in [-0.25, -0.2) is 9.97 Å². The van der Waals surface area contributed by atoms with E-state index in [1.54, 1.807) is 19.2 Å². The Morgan fingerprint density at radius 1 is 1.11 bits per heavy atom. The molecule has 3 aromatic rings. The van der Waals surface area contributed by atoms with Gasteiger partial charge in [0, 0.05) is 43.4 Å². The maximum absolute atomic E-state index is 6.23. The highest BCUT2D eigenvalue weighted by Crippen LogP contribution is 2.35. The summed E-state index contributed by atoms with van der Waals surface area (Å²) in [5.74, 6) is 2.59. The van der Waals surface area contributed by atoms with Crippen molar-refractivity contribution in [1.29, 1.82) is 0 Å². The molecule has 1 aliphatic rings. The minimum absolute atomic E-state index is 0.000421. The first-order valence-corrected chi connectivity index (χ1v) is 13.3. The lowest BCUT2D eigenvalue weighted by Crippen LogP contribution is -2.37. The maximum Gasteiger partial charge on any atom is 0.163 e. The second kappa shape index (κ2) is 12.8. The largest absolute Gasteiger partial charge is 0.493 e. The van der Waals surface area contributed by atoms with Crippen LogP contribution in [-0.4, -0.2) is 60.9 Å². The van der Waals surface area contributed by atoms with Gasteiger partial charge in [0.1, 0.15) is 24.9 Å². The SMILES string of the molecule is CCC(CC)CN1CCCOC(COc2cc3ncnc(Nc4ccc(Cl)c(Cl)c4)c3cc2OC)C1. The summed E-state index contributed by atoms with van der Waals surface area (Å²) >= 11 is 12.2. The van der Waals surface area contributed by atoms with Crippen LogP contribution in [0.5, 0.6) is 11.5 Å². The van der Waals surface area contributed by atoms with E-state index < -0.39 is 0 Å². The van der Waals surface area contributed by atoms with Crippen molar-refractivity contribution < 1.29 is 14.2 Å². The molecule has 0 radical (unpaired) electrons. The van der Waals surface area contributed by atoms with Crippen molar-refractivity contribution >= 4 is 45.6 Å². The molecule has 36 heavy (non-hydrogen) atoms. The van der Waals surface area contributed by atoms with Crippen molar-refractivity contribution in [2.75, 3.05) is 45.3 Å². The van der Waals surface area contributed by atoms with Gasteiger partial charge in [-0.05, 0) is 36.6 Å². The first-order chi connectivity index (χ1) is 17.5. The van der Waals surface area contributed by atoms with E-state index in [4.69, 9.17) is 37.4 Å². The third-order valence-electron chi connectivity index (χ3n) is 6.63. The number of methoxy groups -OCH3 is 1. The summed E-state index contributed by atoms with van der Waals surface area (Å²) in [5, 5.41) is 5.05. The van der Waals surface area contributed by atoms with Crippen molar-refractivity contribution in [2.45, 2.75) is 39.2 Å². The molecular weight excluding hydrogens is 499 g/mol. The average molecular weight is 534 g/mol. The van der Waals surface area contributed by atoms with Crippen LogP contribution in [0.3, 0.4) is 0 Å². The molecule has 7 nitrogen and oxygen atoms in total. The van der Waals surface area contributed by atoms with E-state index in [0.29, 0.717) is 34.0 Å². The standard InChI is InChI=1S/C27H34Cl2N4O3/c1-4-18(5-2)14-33-9-6-10-35-20(15-33)16-36-26-13-24-21(12-25(26)34-3)27(31-17-30-24)32-19-7-8-22(28)23(29)11-19/h7-8,11-13,17-18,20H,4-6,9-10,14-16H2,1-3H3,(H,30,31,32). The van der Waals surface area contributed by atoms with Gasteiger partial charge in [0.25, 0.3) is 0 Å². The first-order valence-electron chi connectivity index (χ1n) is 12.5. The summed E-state index contributed by atoms with van der Waals surface area (Å²) in [7, 11) is 1.63. The number of aromatic nitrogens is 2. The van der Waals surface area contributed by atoms with Gasteiger partial charge >= 0.3 is 0 Å². The molecule has 1 atom stereocenters. The normalized spacial score (nSPS) is 16.8. The van der Waals surface area contributed by atoms with E-state index in [9.17, 15) is 0 Å². The van der Waals surface area contributed by atoms with Gasteiger partial charge in [-0.3, -0.25) is 0 Å². The molecule has 1 aromatic heterocycles. The van der Waals surface area contributed by atoms with Crippen LogP contribution in [0.25, 0.3) is 10.9 Å². The molecule has 0 spiro atoms. The minimum Gasteiger partial charge on any atom is -0.493 e. The minimum atomic E-state index is -0.000421. The number of nitrogens with one attached hydrogen (secondary N) is 1. The van der Waals surface area contributed by atoms with E-state index in [2.05, 4.69) is 34.0 Å². The van der Waals surface area contributed by atoms with Crippen molar-refractivity contribution in [2.24, 2.45) is 5.92 Å². The van der Waals surface area contributed by atoms with Crippen LogP contribution in [0.2, 0.25) is 10.0 Å². The Balaban J connectivity index is 1.49. The van der Waals surface area contributed by atoms with Crippen molar-refractivity contribution in [3.05, 3.63) is 46.7 Å². The molecule has 0 saturated carbocycles. The molecule has 2 heterocycles. The second-order valence-electron chi connectivity index (χ2n) is 9.10. The number of rotatable bonds is 10. The number of benzene rings is 2. The fourth-order valence-electron chi connectivity index (χ4n) is 4.48. The topological polar surface area (TPSA) is 68.7 Å². The van der Waals surface area contributed by atoms with Gasteiger partial charge in [-0.1, -0.05) is 49.9 Å². The summed E-state index contributed by atoms with van der Waals surface area (Å²) in [6.45, 7) is 8.77. The molecule has 2 aromatic carbocycles. The van der Waals surface area contributed by atoms with Crippen molar-refractivity contribution in [1.82, 2.24) is 14.9 Å². The Morgan fingerprint density at radius 2 is 1.94 bits per heavy atom. The molecule has 1 unspecified atom stereocenters. The van der Waals surface area contributed by atoms with Crippen LogP contribution in [-0.2, 0) is 4.74 Å². The molecule has 1 fully saturated rings. The molecule has 4 rings (SSSR count). The van der Waals surface area contributed by atoms with Gasteiger partial charge in [0.2, 0.25) is 0 Å². The molecule has 1 N–H and O–H groups in total. The lowest BCUT2D eigenvalue weighted by atomic mass is 10.0. The zero-order valence-corrected chi connectivity index (χ0v) is 22.6. The Kier molecular flexibility index (Phi) is 9.48. The van der Waals surface area contributed by atoms with Crippen LogP contribution >= 0.6 is 23.2 Å². The summed E-state index contributed by atoms with van der Waals surface area (Å²) in [6, 6.07) is 9.11. The predicted octanol–water partition coefficient (Wildman–Crippen LogP) is 6.59. The molecule has 9 heteroatoms. The Bertz CT molecular complexity index is 1160. The molecule has 0 aliphatic carbocycles. The lowest BCUT2D eigenvalue weighted by molar-refractivity contribution is 0.0187.